The van der Waals surface area contributed by atoms with Crippen LogP contribution in [0.3, 0.4) is 0 Å². The Morgan fingerprint density at radius 2 is 2.25 bits per heavy atom. The zero-order valence-corrected chi connectivity index (χ0v) is 5.74. The predicted molar refractivity (Wildman–Crippen MR) is 38.2 cm³/mol. The molecule has 7 nitrogen and oxygen atoms in total. The molecule has 0 saturated heterocycles. The van der Waals surface area contributed by atoms with Crippen molar-refractivity contribution >= 4 is 11.2 Å². The van der Waals surface area contributed by atoms with Crippen LogP contribution >= 0.6 is 0 Å². The second kappa shape index (κ2) is 1.97. The Morgan fingerprint density at radius 3 is 3.00 bits per heavy atom. The minimum Gasteiger partial charge on any atom is -0.422 e. The van der Waals surface area contributed by atoms with Gasteiger partial charge in [0.25, 0.3) is 5.56 Å². The second-order valence-corrected chi connectivity index (χ2v) is 2.17. The summed E-state index contributed by atoms with van der Waals surface area (Å²) in [6.45, 7) is 0. The number of imidazole rings is 1. The molecule has 0 aliphatic heterocycles. The van der Waals surface area contributed by atoms with Crippen LogP contribution in [0.5, 0.6) is 0 Å². The van der Waals surface area contributed by atoms with E-state index >= 15 is 0 Å². The van der Waals surface area contributed by atoms with E-state index < -0.39 is 11.2 Å². The molecular weight excluding hydrogens is 164 g/mol. The molecule has 0 saturated carbocycles. The van der Waals surface area contributed by atoms with Gasteiger partial charge in [0.15, 0.2) is 5.52 Å². The molecule has 2 rings (SSSR count). The summed E-state index contributed by atoms with van der Waals surface area (Å²) in [5.41, 5.74) is -1.52. The summed E-state index contributed by atoms with van der Waals surface area (Å²) in [6.07, 6.45) is 1.21. The number of aromatic amines is 2. The normalized spacial score (nSPS) is 10.7. The van der Waals surface area contributed by atoms with Crippen molar-refractivity contribution in [2.24, 2.45) is 0 Å². The average molecular weight is 168 g/mol. The van der Waals surface area contributed by atoms with Crippen LogP contribution in [0.25, 0.3) is 11.2 Å². The summed E-state index contributed by atoms with van der Waals surface area (Å²) in [7, 11) is 0. The first-order chi connectivity index (χ1) is 5.70. The first-order valence-electron chi connectivity index (χ1n) is 3.08. The maximum atomic E-state index is 11.0. The molecule has 2 aromatic heterocycles. The molecule has 0 unspecified atom stereocenters. The van der Waals surface area contributed by atoms with Crippen LogP contribution in [0.15, 0.2) is 15.9 Å². The Hall–Kier alpha value is -2.05. The SMILES string of the molecule is O=c1[nH]c(=O)n(O)c2nc[nH]c12. The van der Waals surface area contributed by atoms with E-state index in [2.05, 4.69) is 9.97 Å². The van der Waals surface area contributed by atoms with E-state index in [9.17, 15) is 9.59 Å². The van der Waals surface area contributed by atoms with E-state index in [0.717, 1.165) is 0 Å². The highest BCUT2D eigenvalue weighted by molar-refractivity contribution is 5.67. The summed E-state index contributed by atoms with van der Waals surface area (Å²) < 4.78 is 0.271. The third-order valence-electron chi connectivity index (χ3n) is 1.46. The zero-order valence-electron chi connectivity index (χ0n) is 5.74. The van der Waals surface area contributed by atoms with E-state index in [1.54, 1.807) is 0 Å². The van der Waals surface area contributed by atoms with Gasteiger partial charge in [-0.15, -0.1) is 4.73 Å². The fourth-order valence-corrected chi connectivity index (χ4v) is 0.924. The van der Waals surface area contributed by atoms with Crippen molar-refractivity contribution in [1.82, 2.24) is 19.7 Å². The van der Waals surface area contributed by atoms with Gasteiger partial charge in [-0.3, -0.25) is 9.78 Å². The van der Waals surface area contributed by atoms with Crippen LogP contribution in [0, 0.1) is 0 Å². The van der Waals surface area contributed by atoms with E-state index in [-0.39, 0.29) is 15.9 Å². The van der Waals surface area contributed by atoms with Crippen LogP contribution in [-0.2, 0) is 0 Å². The van der Waals surface area contributed by atoms with Crippen molar-refractivity contribution in [2.45, 2.75) is 0 Å². The van der Waals surface area contributed by atoms with Gasteiger partial charge in [0.2, 0.25) is 5.65 Å². The molecule has 2 aromatic rings. The zero-order chi connectivity index (χ0) is 8.72. The highest BCUT2D eigenvalue weighted by Crippen LogP contribution is 1.95. The number of rotatable bonds is 0. The van der Waals surface area contributed by atoms with Crippen LogP contribution in [-0.4, -0.2) is 24.9 Å². The van der Waals surface area contributed by atoms with E-state index in [4.69, 9.17) is 5.21 Å². The van der Waals surface area contributed by atoms with Gasteiger partial charge in [0, 0.05) is 0 Å². The topological polar surface area (TPSA) is 104 Å². The molecule has 0 aliphatic rings. The van der Waals surface area contributed by atoms with Crippen molar-refractivity contribution < 1.29 is 5.21 Å². The number of hydrogen-bond acceptors (Lipinski definition) is 4. The second-order valence-electron chi connectivity index (χ2n) is 2.17. The van der Waals surface area contributed by atoms with Gasteiger partial charge in [-0.25, -0.2) is 9.78 Å². The minimum absolute atomic E-state index is 0.0668. The number of hydrogen-bond donors (Lipinski definition) is 3. The molecule has 0 bridgehead atoms. The smallest absolute Gasteiger partial charge is 0.363 e. The van der Waals surface area contributed by atoms with Gasteiger partial charge in [0.05, 0.1) is 6.33 Å². The Balaban J connectivity index is 3.18. The fraction of sp³-hybridized carbons (Fsp3) is 0. The van der Waals surface area contributed by atoms with Gasteiger partial charge < -0.3 is 10.2 Å². The van der Waals surface area contributed by atoms with Crippen molar-refractivity contribution in [2.75, 3.05) is 0 Å². The molecule has 12 heavy (non-hydrogen) atoms. The number of aromatic nitrogens is 4. The molecule has 0 aliphatic carbocycles. The standard InChI is InChI=1S/C5H4N4O3/c10-4-2-3(7-1-6-2)9(12)5(11)8-4/h1,12H,(H,6,7)(H,8,10,11). The number of fused-ring (bicyclic) bond motifs is 1. The number of nitrogens with one attached hydrogen (secondary N) is 2. The first-order valence-corrected chi connectivity index (χ1v) is 3.08. The van der Waals surface area contributed by atoms with Crippen molar-refractivity contribution in [3.63, 3.8) is 0 Å². The lowest BCUT2D eigenvalue weighted by Gasteiger charge is -1.93. The van der Waals surface area contributed by atoms with Crippen molar-refractivity contribution in [3.8, 4) is 0 Å². The highest BCUT2D eigenvalue weighted by Gasteiger charge is 2.06. The quantitative estimate of drug-likeness (QED) is 0.423. The van der Waals surface area contributed by atoms with Crippen LogP contribution in [0.1, 0.15) is 0 Å². The average Bonchev–Trinajstić information content (AvgIpc) is 2.48. The molecule has 0 aromatic carbocycles. The summed E-state index contributed by atoms with van der Waals surface area (Å²) >= 11 is 0. The molecule has 62 valence electrons. The Kier molecular flexibility index (Phi) is 1.09. The summed E-state index contributed by atoms with van der Waals surface area (Å²) in [4.78, 5) is 29.7. The lowest BCUT2D eigenvalue weighted by atomic mass is 10.5. The fourth-order valence-electron chi connectivity index (χ4n) is 0.924. The number of nitrogens with zero attached hydrogens (tertiary/aromatic N) is 2. The van der Waals surface area contributed by atoms with Gasteiger partial charge in [-0.1, -0.05) is 0 Å². The Labute approximate surface area is 64.3 Å². The van der Waals surface area contributed by atoms with Gasteiger partial charge in [-0.2, -0.15) is 0 Å². The summed E-state index contributed by atoms with van der Waals surface area (Å²) in [6, 6.07) is 0. The molecule has 7 heteroatoms. The molecule has 0 spiro atoms. The monoisotopic (exact) mass is 168 g/mol. The van der Waals surface area contributed by atoms with E-state index in [1.165, 1.54) is 6.33 Å². The predicted octanol–water partition coefficient (Wildman–Crippen LogP) is -1.35. The number of H-pyrrole nitrogens is 2. The lowest BCUT2D eigenvalue weighted by Crippen LogP contribution is -2.28. The minimum atomic E-state index is -0.903. The molecule has 0 amide bonds. The molecule has 2 heterocycles. The summed E-state index contributed by atoms with van der Waals surface area (Å²) in [5.74, 6) is 0. The molecule has 3 N–H and O–H groups in total. The van der Waals surface area contributed by atoms with E-state index in [1.807, 2.05) is 4.98 Å². The first kappa shape index (κ1) is 6.65. The lowest BCUT2D eigenvalue weighted by molar-refractivity contribution is 0.182. The Bertz CT molecular complexity index is 533. The van der Waals surface area contributed by atoms with Crippen LogP contribution < -0.4 is 11.2 Å². The third kappa shape index (κ3) is 0.669. The molecule has 0 radical (unpaired) electrons. The Morgan fingerprint density at radius 1 is 1.50 bits per heavy atom. The largest absolute Gasteiger partial charge is 0.422 e. The third-order valence-corrected chi connectivity index (χ3v) is 1.46. The van der Waals surface area contributed by atoms with E-state index in [0.29, 0.717) is 0 Å². The van der Waals surface area contributed by atoms with Gasteiger partial charge >= 0.3 is 5.69 Å². The highest BCUT2D eigenvalue weighted by atomic mass is 16.5. The van der Waals surface area contributed by atoms with Crippen LogP contribution in [0.2, 0.25) is 0 Å². The maximum absolute atomic E-state index is 11.0. The van der Waals surface area contributed by atoms with Crippen LogP contribution in [0.4, 0.5) is 0 Å². The van der Waals surface area contributed by atoms with Crippen molar-refractivity contribution in [3.05, 3.63) is 27.2 Å². The summed E-state index contributed by atoms with van der Waals surface area (Å²) in [5, 5.41) is 9.02. The van der Waals surface area contributed by atoms with Crippen molar-refractivity contribution in [1.29, 1.82) is 0 Å². The van der Waals surface area contributed by atoms with Gasteiger partial charge in [0.1, 0.15) is 0 Å². The van der Waals surface area contributed by atoms with Gasteiger partial charge in [-0.05, 0) is 0 Å². The maximum Gasteiger partial charge on any atom is 0.363 e. The molecule has 0 fully saturated rings. The molecule has 0 atom stereocenters. The molecular formula is C5H4N4O3.